The minimum absolute atomic E-state index is 0.0471. The van der Waals surface area contributed by atoms with Crippen molar-refractivity contribution in [1.29, 1.82) is 0 Å². The van der Waals surface area contributed by atoms with E-state index in [0.29, 0.717) is 12.3 Å². The predicted octanol–water partition coefficient (Wildman–Crippen LogP) is 3.98. The number of benzene rings is 2. The van der Waals surface area contributed by atoms with Crippen LogP contribution in [0.25, 0.3) is 6.08 Å². The van der Waals surface area contributed by atoms with Gasteiger partial charge in [-0.2, -0.15) is 0 Å². The van der Waals surface area contributed by atoms with E-state index in [9.17, 15) is 4.79 Å². The zero-order valence-electron chi connectivity index (χ0n) is 16.9. The number of nitrogens with zero attached hydrogens (tertiary/aromatic N) is 2. The number of hydrogen-bond donors (Lipinski definition) is 0. The lowest BCUT2D eigenvalue weighted by Gasteiger charge is -2.24. The van der Waals surface area contributed by atoms with E-state index >= 15 is 0 Å². The van der Waals surface area contributed by atoms with Crippen LogP contribution in [0.15, 0.2) is 48.5 Å². The highest BCUT2D eigenvalue weighted by Gasteiger charge is 2.17. The summed E-state index contributed by atoms with van der Waals surface area (Å²) in [6.45, 7) is 2.76. The highest BCUT2D eigenvalue weighted by Crippen LogP contribution is 2.27. The van der Waals surface area contributed by atoms with Crippen LogP contribution in [-0.4, -0.2) is 45.2 Å². The normalized spacial score (nSPS) is 13.8. The summed E-state index contributed by atoms with van der Waals surface area (Å²) >= 11 is 0. The molecule has 1 fully saturated rings. The van der Waals surface area contributed by atoms with Gasteiger partial charge >= 0.3 is 0 Å². The first-order chi connectivity index (χ1) is 13.6. The van der Waals surface area contributed by atoms with Crippen LogP contribution in [0.3, 0.4) is 0 Å². The molecule has 0 atom stereocenters. The summed E-state index contributed by atoms with van der Waals surface area (Å²) in [5.41, 5.74) is 3.25. The first-order valence-electron chi connectivity index (χ1n) is 9.60. The number of carbonyl (C=O) groups excluding carboxylic acids is 1. The molecule has 0 radical (unpaired) electrons. The van der Waals surface area contributed by atoms with Crippen LogP contribution in [0.5, 0.6) is 11.5 Å². The van der Waals surface area contributed by atoms with Crippen LogP contribution in [0, 0.1) is 0 Å². The Bertz CT molecular complexity index is 841. The molecule has 1 heterocycles. The van der Waals surface area contributed by atoms with Crippen molar-refractivity contribution in [1.82, 2.24) is 4.90 Å². The fourth-order valence-corrected chi connectivity index (χ4v) is 3.49. The van der Waals surface area contributed by atoms with Gasteiger partial charge in [-0.25, -0.2) is 0 Å². The monoisotopic (exact) mass is 380 g/mol. The maximum absolute atomic E-state index is 12.6. The average Bonchev–Trinajstić information content (AvgIpc) is 3.26. The third kappa shape index (κ3) is 4.66. The molecule has 3 rings (SSSR count). The Balaban J connectivity index is 1.70. The Morgan fingerprint density at radius 1 is 1.11 bits per heavy atom. The van der Waals surface area contributed by atoms with Crippen molar-refractivity contribution < 1.29 is 14.3 Å². The molecule has 28 heavy (non-hydrogen) atoms. The maximum Gasteiger partial charge on any atom is 0.246 e. The van der Waals surface area contributed by atoms with Gasteiger partial charge in [0.1, 0.15) is 11.5 Å². The summed E-state index contributed by atoms with van der Waals surface area (Å²) in [5, 5.41) is 0. The quantitative estimate of drug-likeness (QED) is 0.682. The van der Waals surface area contributed by atoms with E-state index < -0.39 is 0 Å². The number of likely N-dealkylation sites (N-methyl/N-ethyl adjacent to an activating group) is 1. The zero-order valence-corrected chi connectivity index (χ0v) is 16.9. The van der Waals surface area contributed by atoms with Crippen LogP contribution in [0.4, 0.5) is 5.69 Å². The van der Waals surface area contributed by atoms with E-state index in [2.05, 4.69) is 23.1 Å². The number of hydrogen-bond acceptors (Lipinski definition) is 4. The molecule has 2 aromatic rings. The van der Waals surface area contributed by atoms with Crippen molar-refractivity contribution in [2.75, 3.05) is 39.3 Å². The van der Waals surface area contributed by atoms with E-state index in [4.69, 9.17) is 9.47 Å². The van der Waals surface area contributed by atoms with Crippen molar-refractivity contribution in [2.45, 2.75) is 19.4 Å². The van der Waals surface area contributed by atoms with E-state index in [1.165, 1.54) is 24.1 Å². The molecule has 0 N–H and O–H groups in total. The molecule has 1 saturated heterocycles. The second-order valence-corrected chi connectivity index (χ2v) is 6.96. The van der Waals surface area contributed by atoms with Crippen LogP contribution in [-0.2, 0) is 11.3 Å². The zero-order chi connectivity index (χ0) is 19.9. The van der Waals surface area contributed by atoms with Crippen molar-refractivity contribution in [3.05, 3.63) is 59.7 Å². The summed E-state index contributed by atoms with van der Waals surface area (Å²) in [6, 6.07) is 13.9. The van der Waals surface area contributed by atoms with Gasteiger partial charge in [0, 0.05) is 50.1 Å². The minimum atomic E-state index is -0.0471. The highest BCUT2D eigenvalue weighted by atomic mass is 16.5. The molecule has 5 heteroatoms. The lowest BCUT2D eigenvalue weighted by atomic mass is 10.1. The molecule has 2 aromatic carbocycles. The summed E-state index contributed by atoms with van der Waals surface area (Å²) in [4.78, 5) is 16.8. The Labute approximate surface area is 167 Å². The predicted molar refractivity (Wildman–Crippen MR) is 113 cm³/mol. The maximum atomic E-state index is 12.6. The second-order valence-electron chi connectivity index (χ2n) is 6.96. The van der Waals surface area contributed by atoms with Crippen molar-refractivity contribution in [2.24, 2.45) is 0 Å². The molecule has 0 bridgehead atoms. The standard InChI is InChI=1S/C23H28N2O3/c1-24(17-19-8-4-5-9-21(19)25-14-6-7-15-25)23(26)13-11-18-10-12-20(27-2)16-22(18)28-3/h4-5,8-13,16H,6-7,14-15,17H2,1-3H3/b13-11+. The van der Waals surface area contributed by atoms with Crippen LogP contribution in [0.1, 0.15) is 24.0 Å². The van der Waals surface area contributed by atoms with Gasteiger partial charge in [0.25, 0.3) is 0 Å². The van der Waals surface area contributed by atoms with Crippen molar-refractivity contribution in [3.8, 4) is 11.5 Å². The van der Waals surface area contributed by atoms with Gasteiger partial charge in [-0.15, -0.1) is 0 Å². The molecular formula is C23H28N2O3. The van der Waals surface area contributed by atoms with E-state index in [1.807, 2.05) is 25.2 Å². The van der Waals surface area contributed by atoms with Gasteiger partial charge in [-0.05, 0) is 42.7 Å². The molecule has 0 spiro atoms. The van der Waals surface area contributed by atoms with E-state index in [-0.39, 0.29) is 5.91 Å². The van der Waals surface area contributed by atoms with Crippen LogP contribution in [0.2, 0.25) is 0 Å². The fourth-order valence-electron chi connectivity index (χ4n) is 3.49. The Kier molecular flexibility index (Phi) is 6.58. The smallest absolute Gasteiger partial charge is 0.246 e. The van der Waals surface area contributed by atoms with Crippen LogP contribution < -0.4 is 14.4 Å². The number of carbonyl (C=O) groups is 1. The number of para-hydroxylation sites is 1. The Hall–Kier alpha value is -2.95. The molecule has 0 aliphatic carbocycles. The molecule has 1 aliphatic rings. The first kappa shape index (κ1) is 19.8. The SMILES string of the molecule is COc1ccc(/C=C/C(=O)N(C)Cc2ccccc2N2CCCC2)c(OC)c1. The van der Waals surface area contributed by atoms with Gasteiger partial charge in [0.15, 0.2) is 0 Å². The molecule has 1 amide bonds. The van der Waals surface area contributed by atoms with Gasteiger partial charge in [0.2, 0.25) is 5.91 Å². The molecule has 148 valence electrons. The van der Waals surface area contributed by atoms with Gasteiger partial charge in [0.05, 0.1) is 14.2 Å². The Morgan fingerprint density at radius 2 is 1.86 bits per heavy atom. The average molecular weight is 380 g/mol. The van der Waals surface area contributed by atoms with Crippen molar-refractivity contribution in [3.63, 3.8) is 0 Å². The third-order valence-corrected chi connectivity index (χ3v) is 5.07. The van der Waals surface area contributed by atoms with E-state index in [1.54, 1.807) is 37.3 Å². The lowest BCUT2D eigenvalue weighted by molar-refractivity contribution is -0.125. The molecule has 0 unspecified atom stereocenters. The lowest BCUT2D eigenvalue weighted by Crippen LogP contribution is -2.26. The molecule has 0 saturated carbocycles. The van der Waals surface area contributed by atoms with Crippen molar-refractivity contribution >= 4 is 17.7 Å². The topological polar surface area (TPSA) is 42.0 Å². The largest absolute Gasteiger partial charge is 0.497 e. The summed E-state index contributed by atoms with van der Waals surface area (Å²) in [5.74, 6) is 1.34. The van der Waals surface area contributed by atoms with Gasteiger partial charge in [-0.1, -0.05) is 18.2 Å². The summed E-state index contributed by atoms with van der Waals surface area (Å²) in [7, 11) is 5.05. The van der Waals surface area contributed by atoms with Gasteiger partial charge in [-0.3, -0.25) is 4.79 Å². The molecule has 5 nitrogen and oxygen atoms in total. The van der Waals surface area contributed by atoms with Gasteiger partial charge < -0.3 is 19.3 Å². The minimum Gasteiger partial charge on any atom is -0.497 e. The number of methoxy groups -OCH3 is 2. The second kappa shape index (κ2) is 9.31. The number of anilines is 1. The van der Waals surface area contributed by atoms with E-state index in [0.717, 1.165) is 24.4 Å². The number of amides is 1. The highest BCUT2D eigenvalue weighted by molar-refractivity contribution is 5.92. The summed E-state index contributed by atoms with van der Waals surface area (Å²) in [6.07, 6.45) is 5.83. The molecular weight excluding hydrogens is 352 g/mol. The Morgan fingerprint density at radius 3 is 2.57 bits per heavy atom. The number of ether oxygens (including phenoxy) is 2. The molecule has 0 aromatic heterocycles. The third-order valence-electron chi connectivity index (χ3n) is 5.07. The molecule has 1 aliphatic heterocycles. The fraction of sp³-hybridized carbons (Fsp3) is 0.348. The first-order valence-corrected chi connectivity index (χ1v) is 9.60. The number of rotatable bonds is 7. The van der Waals surface area contributed by atoms with Crippen LogP contribution >= 0.6 is 0 Å². The summed E-state index contributed by atoms with van der Waals surface area (Å²) < 4.78 is 10.6.